The molecule has 0 aromatic heterocycles. The normalized spacial score (nSPS) is 25.7. The smallest absolute Gasteiger partial charge is 0.279 e. The quantitative estimate of drug-likeness (QED) is 0.639. The topological polar surface area (TPSA) is 82.1 Å². The van der Waals surface area contributed by atoms with E-state index in [1.165, 1.54) is 0 Å². The molecule has 2 rings (SSSR count). The average Bonchev–Trinajstić information content (AvgIpc) is 2.56. The van der Waals surface area contributed by atoms with Crippen LogP contribution in [0.3, 0.4) is 0 Å². The van der Waals surface area contributed by atoms with Crippen molar-refractivity contribution < 1.29 is 18.3 Å². The molecule has 2 aliphatic rings. The van der Waals surface area contributed by atoms with Crippen molar-refractivity contribution in [1.29, 1.82) is 0 Å². The van der Waals surface area contributed by atoms with Gasteiger partial charge in [-0.05, 0) is 44.1 Å². The molecule has 8 heteroatoms. The first-order valence-corrected chi connectivity index (χ1v) is 10.1. The molecule has 0 spiro atoms. The molecule has 0 bridgehead atoms. The SMILES string of the molecule is COCC1CCN(S(=O)(=O)NCCN2CCCC(CO)C2)CC1. The fraction of sp³-hybridized carbons (Fsp3) is 1.00. The van der Waals surface area contributed by atoms with Crippen LogP contribution in [0.25, 0.3) is 0 Å². The molecule has 0 aromatic rings. The van der Waals surface area contributed by atoms with Gasteiger partial charge in [-0.1, -0.05) is 0 Å². The van der Waals surface area contributed by atoms with Crippen molar-refractivity contribution in [3.63, 3.8) is 0 Å². The molecule has 2 fully saturated rings. The van der Waals surface area contributed by atoms with Gasteiger partial charge in [0.15, 0.2) is 0 Å². The second-order valence-electron chi connectivity index (χ2n) is 6.69. The van der Waals surface area contributed by atoms with Crippen LogP contribution >= 0.6 is 0 Å². The Hall–Kier alpha value is -0.250. The zero-order valence-electron chi connectivity index (χ0n) is 14.1. The van der Waals surface area contributed by atoms with E-state index in [0.29, 0.717) is 44.6 Å². The molecular formula is C15H31N3O4S. The van der Waals surface area contributed by atoms with E-state index in [-0.39, 0.29) is 6.61 Å². The van der Waals surface area contributed by atoms with Crippen LogP contribution in [0.1, 0.15) is 25.7 Å². The van der Waals surface area contributed by atoms with Gasteiger partial charge < -0.3 is 14.7 Å². The number of likely N-dealkylation sites (tertiary alicyclic amines) is 1. The highest BCUT2D eigenvalue weighted by molar-refractivity contribution is 7.87. The summed E-state index contributed by atoms with van der Waals surface area (Å²) in [5, 5.41) is 9.24. The third-order valence-corrected chi connectivity index (χ3v) is 6.50. The lowest BCUT2D eigenvalue weighted by Crippen LogP contribution is -2.48. The highest BCUT2D eigenvalue weighted by atomic mass is 32.2. The molecule has 0 radical (unpaired) electrons. The first-order valence-electron chi connectivity index (χ1n) is 8.62. The van der Waals surface area contributed by atoms with Crippen LogP contribution in [0.2, 0.25) is 0 Å². The highest BCUT2D eigenvalue weighted by Gasteiger charge is 2.28. The lowest BCUT2D eigenvalue weighted by Gasteiger charge is -2.33. The van der Waals surface area contributed by atoms with Crippen LogP contribution in [-0.2, 0) is 14.9 Å². The maximum Gasteiger partial charge on any atom is 0.279 e. The number of rotatable bonds is 8. The lowest BCUT2D eigenvalue weighted by molar-refractivity contribution is 0.119. The molecule has 7 nitrogen and oxygen atoms in total. The predicted molar refractivity (Wildman–Crippen MR) is 89.3 cm³/mol. The average molecular weight is 349 g/mol. The molecule has 136 valence electrons. The van der Waals surface area contributed by atoms with E-state index in [2.05, 4.69) is 9.62 Å². The number of piperidine rings is 2. The molecule has 0 aliphatic carbocycles. The maximum absolute atomic E-state index is 12.3. The Morgan fingerprint density at radius 2 is 1.91 bits per heavy atom. The molecule has 23 heavy (non-hydrogen) atoms. The van der Waals surface area contributed by atoms with Gasteiger partial charge in [-0.25, -0.2) is 4.72 Å². The van der Waals surface area contributed by atoms with Crippen molar-refractivity contribution in [2.75, 3.05) is 59.6 Å². The van der Waals surface area contributed by atoms with Gasteiger partial charge in [0.25, 0.3) is 10.2 Å². The summed E-state index contributed by atoms with van der Waals surface area (Å²) < 4.78 is 34.1. The van der Waals surface area contributed by atoms with Crippen molar-refractivity contribution >= 4 is 10.2 Å². The summed E-state index contributed by atoms with van der Waals surface area (Å²) in [6, 6.07) is 0. The number of nitrogens with one attached hydrogen (secondary N) is 1. The summed E-state index contributed by atoms with van der Waals surface area (Å²) in [6.07, 6.45) is 3.86. The minimum atomic E-state index is -3.38. The molecule has 0 aromatic carbocycles. The Balaban J connectivity index is 1.70. The molecule has 2 heterocycles. The molecule has 2 N–H and O–H groups in total. The second kappa shape index (κ2) is 9.29. The van der Waals surface area contributed by atoms with Crippen molar-refractivity contribution in [2.45, 2.75) is 25.7 Å². The molecule has 2 saturated heterocycles. The minimum absolute atomic E-state index is 0.221. The standard InChI is InChI=1S/C15H31N3O4S/c1-22-13-14-4-8-18(9-5-14)23(20,21)16-6-10-17-7-2-3-15(11-17)12-19/h14-16,19H,2-13H2,1H3. The van der Waals surface area contributed by atoms with Gasteiger partial charge >= 0.3 is 0 Å². The second-order valence-corrected chi connectivity index (χ2v) is 8.44. The number of nitrogens with zero attached hydrogens (tertiary/aromatic N) is 2. The largest absolute Gasteiger partial charge is 0.396 e. The summed E-state index contributed by atoms with van der Waals surface area (Å²) in [7, 11) is -1.69. The first-order chi connectivity index (χ1) is 11.0. The molecule has 2 aliphatic heterocycles. The van der Waals surface area contributed by atoms with E-state index in [0.717, 1.165) is 38.8 Å². The predicted octanol–water partition coefficient (Wildman–Crippen LogP) is -0.116. The molecule has 1 unspecified atom stereocenters. The van der Waals surface area contributed by atoms with Crippen LogP contribution in [0.5, 0.6) is 0 Å². The molecular weight excluding hydrogens is 318 g/mol. The number of methoxy groups -OCH3 is 1. The monoisotopic (exact) mass is 349 g/mol. The Kier molecular flexibility index (Phi) is 7.71. The first kappa shape index (κ1) is 19.1. The van der Waals surface area contributed by atoms with Gasteiger partial charge in [0.2, 0.25) is 0 Å². The van der Waals surface area contributed by atoms with E-state index >= 15 is 0 Å². The molecule has 1 atom stereocenters. The summed E-state index contributed by atoms with van der Waals surface area (Å²) in [5.74, 6) is 0.801. The van der Waals surface area contributed by atoms with Gasteiger partial charge in [-0.3, -0.25) is 0 Å². The van der Waals surface area contributed by atoms with Gasteiger partial charge in [0.05, 0.1) is 0 Å². The summed E-state index contributed by atoms with van der Waals surface area (Å²) in [5.41, 5.74) is 0. The minimum Gasteiger partial charge on any atom is -0.396 e. The van der Waals surface area contributed by atoms with E-state index in [4.69, 9.17) is 4.74 Å². The number of hydrogen-bond donors (Lipinski definition) is 2. The van der Waals surface area contributed by atoms with Crippen LogP contribution in [0.4, 0.5) is 0 Å². The fourth-order valence-corrected chi connectivity index (χ4v) is 4.70. The molecule has 0 amide bonds. The van der Waals surface area contributed by atoms with Gasteiger partial charge in [-0.15, -0.1) is 0 Å². The zero-order chi connectivity index (χ0) is 16.7. The Labute approximate surface area is 140 Å². The number of aliphatic hydroxyl groups excluding tert-OH is 1. The maximum atomic E-state index is 12.3. The Morgan fingerprint density at radius 1 is 1.17 bits per heavy atom. The Bertz CT molecular complexity index is 438. The van der Waals surface area contributed by atoms with Gasteiger partial charge in [0.1, 0.15) is 0 Å². The Morgan fingerprint density at radius 3 is 2.57 bits per heavy atom. The fourth-order valence-electron chi connectivity index (χ4n) is 3.48. The zero-order valence-corrected chi connectivity index (χ0v) is 14.9. The molecule has 0 saturated carbocycles. The summed E-state index contributed by atoms with van der Waals surface area (Å²) in [4.78, 5) is 2.23. The number of ether oxygens (including phenoxy) is 1. The van der Waals surface area contributed by atoms with E-state index in [1.807, 2.05) is 0 Å². The van der Waals surface area contributed by atoms with Crippen molar-refractivity contribution in [1.82, 2.24) is 13.9 Å². The third-order valence-electron chi connectivity index (χ3n) is 4.89. The van der Waals surface area contributed by atoms with E-state index < -0.39 is 10.2 Å². The van der Waals surface area contributed by atoms with E-state index in [9.17, 15) is 13.5 Å². The van der Waals surface area contributed by atoms with Gasteiger partial charge in [-0.2, -0.15) is 12.7 Å². The number of aliphatic hydroxyl groups is 1. The van der Waals surface area contributed by atoms with Crippen molar-refractivity contribution in [3.8, 4) is 0 Å². The van der Waals surface area contributed by atoms with Crippen LogP contribution in [0.15, 0.2) is 0 Å². The van der Waals surface area contributed by atoms with Crippen LogP contribution in [-0.4, -0.2) is 82.3 Å². The van der Waals surface area contributed by atoms with Crippen LogP contribution < -0.4 is 4.72 Å². The highest BCUT2D eigenvalue weighted by Crippen LogP contribution is 2.19. The van der Waals surface area contributed by atoms with Gasteiger partial charge in [0, 0.05) is 53.0 Å². The summed E-state index contributed by atoms with van der Waals surface area (Å²) >= 11 is 0. The van der Waals surface area contributed by atoms with Crippen LogP contribution in [0, 0.1) is 11.8 Å². The third kappa shape index (κ3) is 5.95. The van der Waals surface area contributed by atoms with Crippen molar-refractivity contribution in [2.24, 2.45) is 11.8 Å². The number of hydrogen-bond acceptors (Lipinski definition) is 5. The van der Waals surface area contributed by atoms with Crippen molar-refractivity contribution in [3.05, 3.63) is 0 Å². The van der Waals surface area contributed by atoms with E-state index in [1.54, 1.807) is 11.4 Å². The summed E-state index contributed by atoms with van der Waals surface area (Å²) in [6.45, 7) is 5.05. The lowest BCUT2D eigenvalue weighted by atomic mass is 9.99.